The molecule has 1 aliphatic rings. The topological polar surface area (TPSA) is 52.6 Å². The van der Waals surface area contributed by atoms with E-state index in [1.54, 1.807) is 4.90 Å². The molecule has 1 saturated heterocycles. The van der Waals surface area contributed by atoms with Crippen LogP contribution in [0.1, 0.15) is 20.3 Å². The third kappa shape index (κ3) is 2.88. The maximum Gasteiger partial charge on any atom is 0.407 e. The Bertz CT molecular complexity index is 182. The van der Waals surface area contributed by atoms with Gasteiger partial charge in [-0.25, -0.2) is 4.79 Å². The first-order valence-electron chi connectivity index (χ1n) is 4.81. The fourth-order valence-corrected chi connectivity index (χ4v) is 1.77. The molecule has 0 aliphatic carbocycles. The third-order valence-corrected chi connectivity index (χ3v) is 2.34. The van der Waals surface area contributed by atoms with Crippen molar-refractivity contribution in [3.05, 3.63) is 0 Å². The number of nitrogens with zero attached hydrogens (tertiary/aromatic N) is 1. The SMILES string of the molecule is CC(C)CC1CNCCN1C(=O)O. The smallest absolute Gasteiger partial charge is 0.407 e. The quantitative estimate of drug-likeness (QED) is 0.676. The maximum atomic E-state index is 10.8. The van der Waals surface area contributed by atoms with Crippen LogP contribution in [0.5, 0.6) is 0 Å². The van der Waals surface area contributed by atoms with E-state index in [2.05, 4.69) is 19.2 Å². The lowest BCUT2D eigenvalue weighted by molar-refractivity contribution is 0.105. The first-order chi connectivity index (χ1) is 6.11. The number of carbonyl (C=O) groups is 1. The zero-order valence-corrected chi connectivity index (χ0v) is 8.29. The maximum absolute atomic E-state index is 10.8. The molecule has 1 aliphatic heterocycles. The summed E-state index contributed by atoms with van der Waals surface area (Å²) in [6.07, 6.45) is 0.159. The highest BCUT2D eigenvalue weighted by Crippen LogP contribution is 2.13. The largest absolute Gasteiger partial charge is 0.465 e. The van der Waals surface area contributed by atoms with Gasteiger partial charge in [0, 0.05) is 25.7 Å². The van der Waals surface area contributed by atoms with Crippen LogP contribution in [0, 0.1) is 5.92 Å². The van der Waals surface area contributed by atoms with Crippen molar-refractivity contribution in [3.63, 3.8) is 0 Å². The number of piperazine rings is 1. The van der Waals surface area contributed by atoms with E-state index in [0.717, 1.165) is 19.5 Å². The van der Waals surface area contributed by atoms with Gasteiger partial charge < -0.3 is 15.3 Å². The Kier molecular flexibility index (Phi) is 3.54. The fourth-order valence-electron chi connectivity index (χ4n) is 1.77. The van der Waals surface area contributed by atoms with Crippen LogP contribution < -0.4 is 5.32 Å². The van der Waals surface area contributed by atoms with Crippen LogP contribution in [0.3, 0.4) is 0 Å². The minimum absolute atomic E-state index is 0.159. The van der Waals surface area contributed by atoms with Gasteiger partial charge in [-0.3, -0.25) is 0 Å². The molecule has 4 nitrogen and oxygen atoms in total. The van der Waals surface area contributed by atoms with Crippen molar-refractivity contribution >= 4 is 6.09 Å². The average molecular weight is 186 g/mol. The van der Waals surface area contributed by atoms with Crippen LogP contribution in [-0.2, 0) is 0 Å². The van der Waals surface area contributed by atoms with Gasteiger partial charge in [-0.1, -0.05) is 13.8 Å². The van der Waals surface area contributed by atoms with Crippen molar-refractivity contribution in [2.45, 2.75) is 26.3 Å². The monoisotopic (exact) mass is 186 g/mol. The number of hydrogen-bond acceptors (Lipinski definition) is 2. The summed E-state index contributed by atoms with van der Waals surface area (Å²) in [6, 6.07) is 0.159. The molecule has 0 aromatic carbocycles. The van der Waals surface area contributed by atoms with Gasteiger partial charge in [0.1, 0.15) is 0 Å². The van der Waals surface area contributed by atoms with E-state index >= 15 is 0 Å². The van der Waals surface area contributed by atoms with E-state index in [-0.39, 0.29) is 6.04 Å². The van der Waals surface area contributed by atoms with E-state index in [0.29, 0.717) is 12.5 Å². The Morgan fingerprint density at radius 2 is 2.38 bits per heavy atom. The highest BCUT2D eigenvalue weighted by molar-refractivity contribution is 5.65. The van der Waals surface area contributed by atoms with Crippen LogP contribution in [0.25, 0.3) is 0 Å². The Hall–Kier alpha value is -0.770. The molecule has 1 fully saturated rings. The molecule has 76 valence electrons. The third-order valence-electron chi connectivity index (χ3n) is 2.34. The van der Waals surface area contributed by atoms with E-state index in [1.807, 2.05) is 0 Å². The van der Waals surface area contributed by atoms with E-state index in [9.17, 15) is 4.79 Å². The predicted molar refractivity (Wildman–Crippen MR) is 50.8 cm³/mol. The van der Waals surface area contributed by atoms with E-state index < -0.39 is 6.09 Å². The molecule has 0 aromatic heterocycles. The minimum atomic E-state index is -0.785. The number of rotatable bonds is 2. The molecule has 1 unspecified atom stereocenters. The van der Waals surface area contributed by atoms with Gasteiger partial charge in [-0.15, -0.1) is 0 Å². The molecule has 1 amide bonds. The number of nitrogens with one attached hydrogen (secondary N) is 1. The Labute approximate surface area is 78.9 Å². The van der Waals surface area contributed by atoms with E-state index in [1.165, 1.54) is 0 Å². The number of hydrogen-bond donors (Lipinski definition) is 2. The van der Waals surface area contributed by atoms with Crippen LogP contribution in [0.4, 0.5) is 4.79 Å². The van der Waals surface area contributed by atoms with Crippen LogP contribution in [0.2, 0.25) is 0 Å². The lowest BCUT2D eigenvalue weighted by Gasteiger charge is -2.35. The molecule has 0 spiro atoms. The summed E-state index contributed by atoms with van der Waals surface area (Å²) in [7, 11) is 0. The second-order valence-electron chi connectivity index (χ2n) is 3.96. The summed E-state index contributed by atoms with van der Waals surface area (Å²) in [5.41, 5.74) is 0. The summed E-state index contributed by atoms with van der Waals surface area (Å²) in [5, 5.41) is 12.1. The molecule has 0 saturated carbocycles. The first kappa shape index (κ1) is 10.3. The Morgan fingerprint density at radius 1 is 1.69 bits per heavy atom. The standard InChI is InChI=1S/C9H18N2O2/c1-7(2)5-8-6-10-3-4-11(8)9(12)13/h7-8,10H,3-6H2,1-2H3,(H,12,13). The van der Waals surface area contributed by atoms with Crippen molar-refractivity contribution in [2.24, 2.45) is 5.92 Å². The van der Waals surface area contributed by atoms with Crippen LogP contribution in [-0.4, -0.2) is 41.8 Å². The lowest BCUT2D eigenvalue weighted by Crippen LogP contribution is -2.53. The summed E-state index contributed by atoms with van der Waals surface area (Å²) in [6.45, 7) is 6.43. The first-order valence-corrected chi connectivity index (χ1v) is 4.81. The second kappa shape index (κ2) is 4.46. The van der Waals surface area contributed by atoms with Gasteiger partial charge in [-0.05, 0) is 12.3 Å². The van der Waals surface area contributed by atoms with Gasteiger partial charge >= 0.3 is 6.09 Å². The summed E-state index contributed by atoms with van der Waals surface area (Å²) in [4.78, 5) is 12.4. The summed E-state index contributed by atoms with van der Waals surface area (Å²) in [5.74, 6) is 0.548. The molecule has 1 heterocycles. The highest BCUT2D eigenvalue weighted by atomic mass is 16.4. The molecule has 0 bridgehead atoms. The van der Waals surface area contributed by atoms with E-state index in [4.69, 9.17) is 5.11 Å². The van der Waals surface area contributed by atoms with Gasteiger partial charge in [0.25, 0.3) is 0 Å². The van der Waals surface area contributed by atoms with Gasteiger partial charge in [0.05, 0.1) is 0 Å². The minimum Gasteiger partial charge on any atom is -0.465 e. The molecule has 4 heteroatoms. The van der Waals surface area contributed by atoms with Crippen molar-refractivity contribution in [1.29, 1.82) is 0 Å². The van der Waals surface area contributed by atoms with Crippen molar-refractivity contribution in [2.75, 3.05) is 19.6 Å². The molecule has 1 rings (SSSR count). The average Bonchev–Trinajstić information content (AvgIpc) is 2.03. The lowest BCUT2D eigenvalue weighted by atomic mass is 10.0. The van der Waals surface area contributed by atoms with Crippen molar-refractivity contribution in [3.8, 4) is 0 Å². The summed E-state index contributed by atoms with van der Waals surface area (Å²) >= 11 is 0. The molecular formula is C9H18N2O2. The van der Waals surface area contributed by atoms with Crippen LogP contribution in [0.15, 0.2) is 0 Å². The molecule has 2 N–H and O–H groups in total. The second-order valence-corrected chi connectivity index (χ2v) is 3.96. The zero-order chi connectivity index (χ0) is 9.84. The van der Waals surface area contributed by atoms with Crippen LogP contribution >= 0.6 is 0 Å². The van der Waals surface area contributed by atoms with Gasteiger partial charge in [0.2, 0.25) is 0 Å². The van der Waals surface area contributed by atoms with Gasteiger partial charge in [-0.2, -0.15) is 0 Å². The molecule has 1 atom stereocenters. The van der Waals surface area contributed by atoms with Crippen molar-refractivity contribution in [1.82, 2.24) is 10.2 Å². The number of amides is 1. The Balaban J connectivity index is 2.51. The number of carboxylic acid groups (broad SMARTS) is 1. The summed E-state index contributed by atoms with van der Waals surface area (Å²) < 4.78 is 0. The van der Waals surface area contributed by atoms with Gasteiger partial charge in [0.15, 0.2) is 0 Å². The molecule has 13 heavy (non-hydrogen) atoms. The fraction of sp³-hybridized carbons (Fsp3) is 0.889. The Morgan fingerprint density at radius 3 is 2.92 bits per heavy atom. The zero-order valence-electron chi connectivity index (χ0n) is 8.29. The van der Waals surface area contributed by atoms with Crippen molar-refractivity contribution < 1.29 is 9.90 Å². The molecular weight excluding hydrogens is 168 g/mol. The highest BCUT2D eigenvalue weighted by Gasteiger charge is 2.26. The normalized spacial score (nSPS) is 23.6. The predicted octanol–water partition coefficient (Wildman–Crippen LogP) is 0.984. The molecule has 0 aromatic rings. The molecule has 0 radical (unpaired) electrons.